The monoisotopic (exact) mass is 255 g/mol. The highest BCUT2D eigenvalue weighted by Gasteiger charge is 2.29. The van der Waals surface area contributed by atoms with Crippen LogP contribution in [0.5, 0.6) is 0 Å². The molecule has 1 fully saturated rings. The lowest BCUT2D eigenvalue weighted by Crippen LogP contribution is -2.29. The van der Waals surface area contributed by atoms with E-state index in [1.54, 1.807) is 0 Å². The summed E-state index contributed by atoms with van der Waals surface area (Å²) in [5.41, 5.74) is 1.00. The van der Waals surface area contributed by atoms with Gasteiger partial charge in [0.25, 0.3) is 0 Å². The molecule has 1 aliphatic carbocycles. The third-order valence-corrected chi connectivity index (χ3v) is 3.88. The first kappa shape index (κ1) is 12.5. The van der Waals surface area contributed by atoms with E-state index in [2.05, 4.69) is 4.90 Å². The minimum Gasteiger partial charge on any atom is -0.465 e. The molecule has 0 aromatic carbocycles. The summed E-state index contributed by atoms with van der Waals surface area (Å²) >= 11 is 1.41. The number of aliphatic hydroxyl groups excluding tert-OH is 1. The van der Waals surface area contributed by atoms with Crippen LogP contribution in [0.2, 0.25) is 0 Å². The lowest BCUT2D eigenvalue weighted by molar-refractivity contribution is 0.0603. The molecule has 1 heterocycles. The molecule has 0 spiro atoms. The van der Waals surface area contributed by atoms with Gasteiger partial charge in [-0.3, -0.25) is 4.90 Å². The molecular weight excluding hydrogens is 238 g/mol. The van der Waals surface area contributed by atoms with Crippen molar-refractivity contribution in [1.29, 1.82) is 0 Å². The van der Waals surface area contributed by atoms with E-state index >= 15 is 0 Å². The molecule has 2 rings (SSSR count). The van der Waals surface area contributed by atoms with Crippen molar-refractivity contribution in [3.63, 3.8) is 0 Å². The maximum Gasteiger partial charge on any atom is 0.348 e. The molecule has 1 aromatic rings. The molecule has 0 atom stereocenters. The smallest absolute Gasteiger partial charge is 0.348 e. The first-order valence-corrected chi connectivity index (χ1v) is 6.63. The van der Waals surface area contributed by atoms with Crippen molar-refractivity contribution < 1.29 is 14.6 Å². The Kier molecular flexibility index (Phi) is 4.15. The summed E-state index contributed by atoms with van der Waals surface area (Å²) in [6, 6.07) is 2.54. The Bertz CT molecular complexity index is 387. The molecule has 0 amide bonds. The van der Waals surface area contributed by atoms with E-state index in [0.717, 1.165) is 12.1 Å². The molecule has 0 radical (unpaired) electrons. The number of thiophene rings is 1. The number of ether oxygens (including phenoxy) is 1. The highest BCUT2D eigenvalue weighted by Crippen LogP contribution is 2.29. The van der Waals surface area contributed by atoms with Gasteiger partial charge in [0, 0.05) is 19.1 Å². The SMILES string of the molecule is COC(=O)c1sccc1CN(CCO)C1CC1. The van der Waals surface area contributed by atoms with E-state index < -0.39 is 0 Å². The molecule has 1 saturated carbocycles. The maximum absolute atomic E-state index is 11.5. The van der Waals surface area contributed by atoms with Gasteiger partial charge in [0.1, 0.15) is 4.88 Å². The average Bonchev–Trinajstić information content (AvgIpc) is 3.08. The van der Waals surface area contributed by atoms with Crippen LogP contribution in [-0.4, -0.2) is 42.3 Å². The number of aliphatic hydroxyl groups is 1. The molecule has 17 heavy (non-hydrogen) atoms. The Labute approximate surface area is 105 Å². The van der Waals surface area contributed by atoms with Gasteiger partial charge >= 0.3 is 5.97 Å². The number of carbonyl (C=O) groups is 1. The van der Waals surface area contributed by atoms with Gasteiger partial charge in [-0.2, -0.15) is 0 Å². The van der Waals surface area contributed by atoms with Gasteiger partial charge in [0.2, 0.25) is 0 Å². The van der Waals surface area contributed by atoms with E-state index in [0.29, 0.717) is 17.5 Å². The molecule has 1 aromatic heterocycles. The standard InChI is InChI=1S/C12H17NO3S/c1-16-12(15)11-9(4-7-17-11)8-13(5-6-14)10-2-3-10/h4,7,10,14H,2-3,5-6,8H2,1H3. The number of hydrogen-bond acceptors (Lipinski definition) is 5. The van der Waals surface area contributed by atoms with Gasteiger partial charge in [0.15, 0.2) is 0 Å². The molecule has 1 N–H and O–H groups in total. The first-order chi connectivity index (χ1) is 8.26. The van der Waals surface area contributed by atoms with Crippen molar-refractivity contribution in [3.8, 4) is 0 Å². The fourth-order valence-electron chi connectivity index (χ4n) is 1.91. The lowest BCUT2D eigenvalue weighted by Gasteiger charge is -2.20. The van der Waals surface area contributed by atoms with Gasteiger partial charge in [0.05, 0.1) is 13.7 Å². The zero-order chi connectivity index (χ0) is 12.3. The molecule has 1 aliphatic rings. The summed E-state index contributed by atoms with van der Waals surface area (Å²) in [7, 11) is 1.40. The summed E-state index contributed by atoms with van der Waals surface area (Å²) < 4.78 is 4.76. The van der Waals surface area contributed by atoms with Crippen molar-refractivity contribution in [2.45, 2.75) is 25.4 Å². The number of nitrogens with zero attached hydrogens (tertiary/aromatic N) is 1. The van der Waals surface area contributed by atoms with Gasteiger partial charge in [-0.05, 0) is 29.9 Å². The lowest BCUT2D eigenvalue weighted by atomic mass is 10.2. The van der Waals surface area contributed by atoms with Crippen molar-refractivity contribution in [2.75, 3.05) is 20.3 Å². The molecule has 0 saturated heterocycles. The molecule has 5 heteroatoms. The topological polar surface area (TPSA) is 49.8 Å². The van der Waals surface area contributed by atoms with E-state index in [1.165, 1.54) is 31.3 Å². The van der Waals surface area contributed by atoms with Gasteiger partial charge in [-0.15, -0.1) is 11.3 Å². The largest absolute Gasteiger partial charge is 0.465 e. The quantitative estimate of drug-likeness (QED) is 0.782. The molecular formula is C12H17NO3S. The van der Waals surface area contributed by atoms with Crippen molar-refractivity contribution in [3.05, 3.63) is 21.9 Å². The zero-order valence-corrected chi connectivity index (χ0v) is 10.7. The Morgan fingerprint density at radius 3 is 3.00 bits per heavy atom. The molecule has 0 bridgehead atoms. The minimum atomic E-state index is -0.269. The summed E-state index contributed by atoms with van der Waals surface area (Å²) in [5.74, 6) is -0.269. The molecule has 0 unspecified atom stereocenters. The second-order valence-electron chi connectivity index (χ2n) is 4.19. The molecule has 94 valence electrons. The van der Waals surface area contributed by atoms with Crippen molar-refractivity contribution in [1.82, 2.24) is 4.90 Å². The summed E-state index contributed by atoms with van der Waals surface area (Å²) in [6.45, 7) is 1.55. The van der Waals surface area contributed by atoms with E-state index in [4.69, 9.17) is 9.84 Å². The number of hydrogen-bond donors (Lipinski definition) is 1. The molecule has 4 nitrogen and oxygen atoms in total. The summed E-state index contributed by atoms with van der Waals surface area (Å²) in [6.07, 6.45) is 2.38. The van der Waals surface area contributed by atoms with Crippen LogP contribution in [0.1, 0.15) is 28.1 Å². The van der Waals surface area contributed by atoms with Crippen molar-refractivity contribution in [2.24, 2.45) is 0 Å². The van der Waals surface area contributed by atoms with Crippen molar-refractivity contribution >= 4 is 17.3 Å². The van der Waals surface area contributed by atoms with E-state index in [9.17, 15) is 4.79 Å². The summed E-state index contributed by atoms with van der Waals surface area (Å²) in [4.78, 5) is 14.4. The van der Waals surface area contributed by atoms with Gasteiger partial charge in [-0.1, -0.05) is 0 Å². The maximum atomic E-state index is 11.5. The first-order valence-electron chi connectivity index (χ1n) is 5.76. The third kappa shape index (κ3) is 3.06. The Balaban J connectivity index is 2.06. The predicted octanol–water partition coefficient (Wildman–Crippen LogP) is 1.49. The van der Waals surface area contributed by atoms with E-state index in [-0.39, 0.29) is 12.6 Å². The fraction of sp³-hybridized carbons (Fsp3) is 0.583. The number of rotatable bonds is 6. The Morgan fingerprint density at radius 2 is 2.41 bits per heavy atom. The number of esters is 1. The van der Waals surface area contributed by atoms with Gasteiger partial charge < -0.3 is 9.84 Å². The van der Waals surface area contributed by atoms with Crippen LogP contribution < -0.4 is 0 Å². The third-order valence-electron chi connectivity index (χ3n) is 2.94. The zero-order valence-electron chi connectivity index (χ0n) is 9.89. The molecule has 0 aliphatic heterocycles. The van der Waals surface area contributed by atoms with Crippen LogP contribution in [0, 0.1) is 0 Å². The highest BCUT2D eigenvalue weighted by atomic mass is 32.1. The van der Waals surface area contributed by atoms with Crippen LogP contribution >= 0.6 is 11.3 Å². The minimum absolute atomic E-state index is 0.161. The van der Waals surface area contributed by atoms with Crippen LogP contribution in [0.3, 0.4) is 0 Å². The van der Waals surface area contributed by atoms with Crippen LogP contribution in [0.4, 0.5) is 0 Å². The van der Waals surface area contributed by atoms with Gasteiger partial charge in [-0.25, -0.2) is 4.79 Å². The normalized spacial score (nSPS) is 15.2. The van der Waals surface area contributed by atoms with Crippen LogP contribution in [0.15, 0.2) is 11.4 Å². The summed E-state index contributed by atoms with van der Waals surface area (Å²) in [5, 5.41) is 10.9. The fourth-order valence-corrected chi connectivity index (χ4v) is 2.74. The van der Waals surface area contributed by atoms with Crippen LogP contribution in [0.25, 0.3) is 0 Å². The second kappa shape index (κ2) is 5.62. The average molecular weight is 255 g/mol. The second-order valence-corrected chi connectivity index (χ2v) is 5.11. The Hall–Kier alpha value is -0.910. The highest BCUT2D eigenvalue weighted by molar-refractivity contribution is 7.12. The van der Waals surface area contributed by atoms with E-state index in [1.807, 2.05) is 11.4 Å². The predicted molar refractivity (Wildman–Crippen MR) is 66.2 cm³/mol. The number of methoxy groups -OCH3 is 1. The van der Waals surface area contributed by atoms with Crippen LogP contribution in [-0.2, 0) is 11.3 Å². The Morgan fingerprint density at radius 1 is 1.65 bits per heavy atom. The number of carbonyl (C=O) groups excluding carboxylic acids is 1.